The molecule has 3 N–H and O–H groups in total. The molecule has 0 aromatic heterocycles. The third-order valence-corrected chi connectivity index (χ3v) is 19.1. The Morgan fingerprint density at radius 3 is 0.826 bits per heavy atom. The number of hydrogen-bond donors (Lipinski definition) is 3. The van der Waals surface area contributed by atoms with E-state index in [9.17, 15) is 19.8 Å². The van der Waals surface area contributed by atoms with Gasteiger partial charge in [-0.3, -0.25) is 9.59 Å². The summed E-state index contributed by atoms with van der Waals surface area (Å²) in [5.74, 6) is -0.000463. The van der Waals surface area contributed by atoms with Crippen molar-refractivity contribution in [3.63, 3.8) is 0 Å². The molecular formula is C80H157NO5. The van der Waals surface area contributed by atoms with E-state index in [-0.39, 0.29) is 18.5 Å². The molecule has 0 heterocycles. The third-order valence-electron chi connectivity index (χ3n) is 19.1. The average molecular weight is 1210 g/mol. The first-order valence-electron chi connectivity index (χ1n) is 39.9. The molecular weight excluding hydrogens is 1050 g/mol. The molecule has 512 valence electrons. The molecule has 0 fully saturated rings. The predicted molar refractivity (Wildman–Crippen MR) is 380 cm³/mol. The van der Waals surface area contributed by atoms with Gasteiger partial charge >= 0.3 is 5.97 Å². The number of ether oxygens (including phenoxy) is 1. The molecule has 0 aromatic carbocycles. The van der Waals surface area contributed by atoms with Gasteiger partial charge in [0.15, 0.2) is 0 Å². The van der Waals surface area contributed by atoms with Gasteiger partial charge < -0.3 is 20.3 Å². The van der Waals surface area contributed by atoms with Gasteiger partial charge in [-0.15, -0.1) is 0 Å². The second-order valence-electron chi connectivity index (χ2n) is 27.8. The van der Waals surface area contributed by atoms with Crippen LogP contribution >= 0.6 is 0 Å². The molecule has 0 radical (unpaired) electrons. The molecule has 1 amide bonds. The summed E-state index contributed by atoms with van der Waals surface area (Å²) in [7, 11) is 0. The number of rotatable bonds is 76. The van der Waals surface area contributed by atoms with Gasteiger partial charge in [0.05, 0.1) is 25.4 Å². The van der Waals surface area contributed by atoms with Crippen molar-refractivity contribution in [3.8, 4) is 0 Å². The summed E-state index contributed by atoms with van der Waals surface area (Å²) in [6.45, 7) is 5.01. The third kappa shape index (κ3) is 71.7. The predicted octanol–water partition coefficient (Wildman–Crippen LogP) is 26.3. The second kappa shape index (κ2) is 76.1. The summed E-state index contributed by atoms with van der Waals surface area (Å²) in [5.41, 5.74) is 0. The Morgan fingerprint density at radius 2 is 0.547 bits per heavy atom. The number of amides is 1. The molecule has 0 aromatic rings. The molecule has 0 bridgehead atoms. The van der Waals surface area contributed by atoms with Crippen molar-refractivity contribution in [2.75, 3.05) is 13.2 Å². The lowest BCUT2D eigenvalue weighted by Crippen LogP contribution is -2.45. The molecule has 6 heteroatoms. The number of carbonyl (C=O) groups excluding carboxylic acids is 2. The van der Waals surface area contributed by atoms with Crippen LogP contribution in [0.4, 0.5) is 0 Å². The fourth-order valence-electron chi connectivity index (χ4n) is 13.0. The number of aliphatic hydroxyl groups is 2. The second-order valence-corrected chi connectivity index (χ2v) is 27.8. The van der Waals surface area contributed by atoms with Crippen molar-refractivity contribution in [1.82, 2.24) is 5.32 Å². The molecule has 2 atom stereocenters. The van der Waals surface area contributed by atoms with E-state index in [4.69, 9.17) is 4.74 Å². The van der Waals surface area contributed by atoms with Crippen molar-refractivity contribution in [2.24, 2.45) is 0 Å². The minimum Gasteiger partial charge on any atom is -0.466 e. The van der Waals surface area contributed by atoms with Gasteiger partial charge in [-0.2, -0.15) is 0 Å². The quantitative estimate of drug-likeness (QED) is 0.0320. The van der Waals surface area contributed by atoms with E-state index in [1.165, 1.54) is 392 Å². The number of nitrogens with one attached hydrogen (secondary N) is 1. The molecule has 6 nitrogen and oxygen atoms in total. The topological polar surface area (TPSA) is 95.9 Å². The summed E-state index contributed by atoms with van der Waals surface area (Å²) in [4.78, 5) is 24.6. The molecule has 0 rings (SSSR count). The fourth-order valence-corrected chi connectivity index (χ4v) is 13.0. The highest BCUT2D eigenvalue weighted by molar-refractivity contribution is 5.76. The lowest BCUT2D eigenvalue weighted by molar-refractivity contribution is -0.143. The molecule has 0 aliphatic heterocycles. The maximum atomic E-state index is 12.5. The van der Waals surface area contributed by atoms with Crippen LogP contribution in [0.1, 0.15) is 463 Å². The van der Waals surface area contributed by atoms with E-state index in [1.807, 2.05) is 0 Å². The number of allylic oxidation sites excluding steroid dienone is 2. The molecule has 0 aliphatic carbocycles. The van der Waals surface area contributed by atoms with Gasteiger partial charge in [-0.25, -0.2) is 0 Å². The largest absolute Gasteiger partial charge is 0.466 e. The molecule has 0 spiro atoms. The van der Waals surface area contributed by atoms with Crippen LogP contribution in [0.15, 0.2) is 12.2 Å². The number of aliphatic hydroxyl groups excluding tert-OH is 2. The highest BCUT2D eigenvalue weighted by Crippen LogP contribution is 2.20. The standard InChI is InChI=1S/C80H157NO5/c1-3-5-7-9-11-13-15-17-19-41-46-50-54-58-62-66-70-74-80(85)86-75-71-67-63-59-55-51-47-43-40-38-36-34-32-30-28-26-24-22-20-21-23-25-27-29-31-33-35-37-39-42-45-49-53-57-61-65-69-73-79(84)81-77(76-82)78(83)72-68-64-60-56-52-48-44-18-16-14-12-10-8-6-4-2/h20,22,77-78,82-83H,3-19,21,23-76H2,1-2H3,(H,81,84)/b22-20-. The minimum absolute atomic E-state index is 0.0266. The molecule has 0 saturated carbocycles. The summed E-state index contributed by atoms with van der Waals surface area (Å²) < 4.78 is 5.52. The van der Waals surface area contributed by atoms with Crippen LogP contribution in [0, 0.1) is 0 Å². The van der Waals surface area contributed by atoms with E-state index >= 15 is 0 Å². The number of unbranched alkanes of at least 4 members (excludes halogenated alkanes) is 63. The Balaban J connectivity index is 3.30. The van der Waals surface area contributed by atoms with Crippen molar-refractivity contribution < 1.29 is 24.5 Å². The first-order valence-corrected chi connectivity index (χ1v) is 39.9. The SMILES string of the molecule is CCCCCCCCCCCCCCCCCCCC(=O)OCCCCCCCCCCCCCCCCCC/C=C\CCCCCCCCCCCCCCCCCCCC(=O)NC(CO)C(O)CCCCCCCCCCCCCCCCC. The van der Waals surface area contributed by atoms with Gasteiger partial charge in [0.1, 0.15) is 0 Å². The van der Waals surface area contributed by atoms with E-state index < -0.39 is 12.1 Å². The smallest absolute Gasteiger partial charge is 0.305 e. The Hall–Kier alpha value is -1.40. The number of esters is 1. The molecule has 0 saturated heterocycles. The maximum absolute atomic E-state index is 12.5. The van der Waals surface area contributed by atoms with Gasteiger partial charge in [0.25, 0.3) is 0 Å². The van der Waals surface area contributed by atoms with Gasteiger partial charge in [0.2, 0.25) is 5.91 Å². The maximum Gasteiger partial charge on any atom is 0.305 e. The fraction of sp³-hybridized carbons (Fsp3) is 0.950. The highest BCUT2D eigenvalue weighted by Gasteiger charge is 2.20. The summed E-state index contributed by atoms with van der Waals surface area (Å²) in [6, 6.07) is -0.537. The van der Waals surface area contributed by atoms with E-state index in [2.05, 4.69) is 31.3 Å². The lowest BCUT2D eigenvalue weighted by Gasteiger charge is -2.22. The number of carbonyl (C=O) groups is 2. The van der Waals surface area contributed by atoms with E-state index in [1.54, 1.807) is 0 Å². The molecule has 86 heavy (non-hydrogen) atoms. The van der Waals surface area contributed by atoms with E-state index in [0.717, 1.165) is 38.5 Å². The zero-order valence-corrected chi connectivity index (χ0v) is 58.8. The zero-order chi connectivity index (χ0) is 62.0. The van der Waals surface area contributed by atoms with Gasteiger partial charge in [-0.1, -0.05) is 411 Å². The lowest BCUT2D eigenvalue weighted by atomic mass is 10.0. The van der Waals surface area contributed by atoms with Crippen molar-refractivity contribution >= 4 is 11.9 Å². The molecule has 2 unspecified atom stereocenters. The van der Waals surface area contributed by atoms with Crippen molar-refractivity contribution in [1.29, 1.82) is 0 Å². The van der Waals surface area contributed by atoms with Crippen LogP contribution in [0.5, 0.6) is 0 Å². The van der Waals surface area contributed by atoms with Gasteiger partial charge in [0, 0.05) is 12.8 Å². The monoisotopic (exact) mass is 1210 g/mol. The summed E-state index contributed by atoms with van der Waals surface area (Å²) in [5, 5.41) is 23.4. The zero-order valence-electron chi connectivity index (χ0n) is 58.8. The van der Waals surface area contributed by atoms with Crippen LogP contribution in [-0.2, 0) is 14.3 Å². The Kier molecular flexibility index (Phi) is 74.8. The first-order chi connectivity index (χ1) is 42.5. The Labute approximate surface area is 539 Å². The highest BCUT2D eigenvalue weighted by atomic mass is 16.5. The Bertz CT molecular complexity index is 1300. The van der Waals surface area contributed by atoms with Crippen LogP contribution in [-0.4, -0.2) is 47.4 Å². The van der Waals surface area contributed by atoms with Crippen molar-refractivity contribution in [3.05, 3.63) is 12.2 Å². The molecule has 0 aliphatic rings. The van der Waals surface area contributed by atoms with Crippen LogP contribution < -0.4 is 5.32 Å². The van der Waals surface area contributed by atoms with E-state index in [0.29, 0.717) is 25.9 Å². The van der Waals surface area contributed by atoms with Crippen molar-refractivity contribution in [2.45, 2.75) is 475 Å². The van der Waals surface area contributed by atoms with Crippen LogP contribution in [0.2, 0.25) is 0 Å². The van der Waals surface area contributed by atoms with Crippen LogP contribution in [0.25, 0.3) is 0 Å². The first kappa shape index (κ1) is 84.6. The Morgan fingerprint density at radius 1 is 0.314 bits per heavy atom. The average Bonchev–Trinajstić information content (AvgIpc) is 3.55. The number of hydrogen-bond acceptors (Lipinski definition) is 5. The minimum atomic E-state index is -0.661. The summed E-state index contributed by atoms with van der Waals surface area (Å²) in [6.07, 6.45) is 96.0. The van der Waals surface area contributed by atoms with Crippen LogP contribution in [0.3, 0.4) is 0 Å². The summed E-state index contributed by atoms with van der Waals surface area (Å²) >= 11 is 0. The van der Waals surface area contributed by atoms with Gasteiger partial charge in [-0.05, 0) is 51.4 Å². The normalized spacial score (nSPS) is 12.5.